The molecule has 0 fully saturated rings. The van der Waals surface area contributed by atoms with Gasteiger partial charge in [-0.2, -0.15) is 0 Å². The molecule has 2 aromatic carbocycles. The van der Waals surface area contributed by atoms with Gasteiger partial charge in [0.15, 0.2) is 5.11 Å². The van der Waals surface area contributed by atoms with Gasteiger partial charge >= 0.3 is 0 Å². The summed E-state index contributed by atoms with van der Waals surface area (Å²) in [5, 5.41) is 5.75. The number of carbonyl (C=O) groups excluding carboxylic acids is 2. The van der Waals surface area contributed by atoms with Gasteiger partial charge in [0, 0.05) is 30.9 Å². The van der Waals surface area contributed by atoms with Crippen LogP contribution in [-0.2, 0) is 0 Å². The summed E-state index contributed by atoms with van der Waals surface area (Å²) in [6, 6.07) is 14.1. The number of rotatable bonds is 3. The maximum atomic E-state index is 12.1. The molecule has 0 saturated heterocycles. The van der Waals surface area contributed by atoms with Crippen molar-refractivity contribution in [2.45, 2.75) is 6.92 Å². The third-order valence-electron chi connectivity index (χ3n) is 3.34. The monoisotopic (exact) mass is 341 g/mol. The smallest absolute Gasteiger partial charge is 0.257 e. The van der Waals surface area contributed by atoms with Crippen LogP contribution in [0.3, 0.4) is 0 Å². The lowest BCUT2D eigenvalue weighted by molar-refractivity contribution is 0.0827. The van der Waals surface area contributed by atoms with Gasteiger partial charge in [-0.3, -0.25) is 14.9 Å². The summed E-state index contributed by atoms with van der Waals surface area (Å²) in [7, 11) is 3.40. The van der Waals surface area contributed by atoms with Crippen molar-refractivity contribution in [1.29, 1.82) is 0 Å². The second kappa shape index (κ2) is 7.70. The lowest BCUT2D eigenvalue weighted by atomic mass is 10.1. The SMILES string of the molecule is Cc1ccc(C(=O)NC(=S)Nc2ccc(C(=O)N(C)C)cc2)cc1. The molecule has 124 valence electrons. The minimum absolute atomic E-state index is 0.0724. The molecule has 2 rings (SSSR count). The molecule has 2 aromatic rings. The second-order valence-corrected chi connectivity index (χ2v) is 5.96. The number of hydrogen-bond donors (Lipinski definition) is 2. The van der Waals surface area contributed by atoms with E-state index in [9.17, 15) is 9.59 Å². The first-order chi connectivity index (χ1) is 11.4. The van der Waals surface area contributed by atoms with Gasteiger partial charge in [0.1, 0.15) is 0 Å². The largest absolute Gasteiger partial charge is 0.345 e. The van der Waals surface area contributed by atoms with Crippen molar-refractivity contribution in [2.75, 3.05) is 19.4 Å². The zero-order chi connectivity index (χ0) is 17.7. The molecule has 2 N–H and O–H groups in total. The zero-order valence-electron chi connectivity index (χ0n) is 13.8. The molecule has 2 amide bonds. The molecule has 0 saturated carbocycles. The minimum atomic E-state index is -0.271. The molecular formula is C18H19N3O2S. The van der Waals surface area contributed by atoms with E-state index in [-0.39, 0.29) is 16.9 Å². The highest BCUT2D eigenvalue weighted by atomic mass is 32.1. The Morgan fingerprint density at radius 1 is 0.917 bits per heavy atom. The summed E-state index contributed by atoms with van der Waals surface area (Å²) in [5.74, 6) is -0.344. The van der Waals surface area contributed by atoms with Gasteiger partial charge in [-0.1, -0.05) is 17.7 Å². The van der Waals surface area contributed by atoms with Gasteiger partial charge in [0.2, 0.25) is 0 Å². The molecule has 0 bridgehead atoms. The molecule has 0 unspecified atom stereocenters. The van der Waals surface area contributed by atoms with Crippen LogP contribution in [0.25, 0.3) is 0 Å². The summed E-state index contributed by atoms with van der Waals surface area (Å²) in [6.45, 7) is 1.96. The highest BCUT2D eigenvalue weighted by molar-refractivity contribution is 7.80. The van der Waals surface area contributed by atoms with Crippen LogP contribution in [0.1, 0.15) is 26.3 Å². The van der Waals surface area contributed by atoms with Crippen LogP contribution < -0.4 is 10.6 Å². The van der Waals surface area contributed by atoms with Gasteiger partial charge in [0.05, 0.1) is 0 Å². The molecule has 0 aliphatic heterocycles. The number of amides is 2. The quantitative estimate of drug-likeness (QED) is 0.843. The average molecular weight is 341 g/mol. The molecule has 0 atom stereocenters. The van der Waals surface area contributed by atoms with Crippen LogP contribution in [0.4, 0.5) is 5.69 Å². The minimum Gasteiger partial charge on any atom is -0.345 e. The summed E-state index contributed by atoms with van der Waals surface area (Å²) >= 11 is 5.15. The highest BCUT2D eigenvalue weighted by Crippen LogP contribution is 2.11. The Kier molecular flexibility index (Phi) is 5.65. The van der Waals surface area contributed by atoms with Crippen molar-refractivity contribution in [3.8, 4) is 0 Å². The Morgan fingerprint density at radius 3 is 2.00 bits per heavy atom. The number of carbonyl (C=O) groups is 2. The number of thiocarbonyl (C=S) groups is 1. The van der Waals surface area contributed by atoms with Crippen LogP contribution in [0.5, 0.6) is 0 Å². The molecule has 0 aliphatic rings. The van der Waals surface area contributed by atoms with Crippen LogP contribution in [0.2, 0.25) is 0 Å². The summed E-state index contributed by atoms with van der Waals surface area (Å²) in [4.78, 5) is 25.4. The molecular weight excluding hydrogens is 322 g/mol. The third kappa shape index (κ3) is 4.63. The highest BCUT2D eigenvalue weighted by Gasteiger charge is 2.09. The standard InChI is InChI=1S/C18H19N3O2S/c1-12-4-6-13(7-5-12)16(22)20-18(24)19-15-10-8-14(9-11-15)17(23)21(2)3/h4-11H,1-3H3,(H2,19,20,22,24). The first-order valence-corrected chi connectivity index (χ1v) is 7.78. The lowest BCUT2D eigenvalue weighted by Crippen LogP contribution is -2.34. The van der Waals surface area contributed by atoms with E-state index in [1.165, 1.54) is 4.90 Å². The predicted molar refractivity (Wildman–Crippen MR) is 99.3 cm³/mol. The van der Waals surface area contributed by atoms with Gasteiger partial charge in [-0.25, -0.2) is 0 Å². The Labute approximate surface area is 146 Å². The van der Waals surface area contributed by atoms with Crippen molar-refractivity contribution >= 4 is 34.8 Å². The van der Waals surface area contributed by atoms with Crippen molar-refractivity contribution in [1.82, 2.24) is 10.2 Å². The summed E-state index contributed by atoms with van der Waals surface area (Å²) in [5.41, 5.74) is 2.90. The van der Waals surface area contributed by atoms with Crippen molar-refractivity contribution in [2.24, 2.45) is 0 Å². The number of hydrogen-bond acceptors (Lipinski definition) is 3. The number of benzene rings is 2. The fraction of sp³-hybridized carbons (Fsp3) is 0.167. The van der Waals surface area contributed by atoms with E-state index in [2.05, 4.69) is 10.6 Å². The fourth-order valence-corrected chi connectivity index (χ4v) is 2.21. The van der Waals surface area contributed by atoms with Crippen molar-refractivity contribution in [3.63, 3.8) is 0 Å². The summed E-state index contributed by atoms with van der Waals surface area (Å²) in [6.07, 6.45) is 0. The summed E-state index contributed by atoms with van der Waals surface area (Å²) < 4.78 is 0. The molecule has 0 spiro atoms. The second-order valence-electron chi connectivity index (χ2n) is 5.55. The topological polar surface area (TPSA) is 61.4 Å². The van der Waals surface area contributed by atoms with Crippen LogP contribution in [-0.4, -0.2) is 35.9 Å². The van der Waals surface area contributed by atoms with Gasteiger partial charge < -0.3 is 10.2 Å². The number of nitrogens with zero attached hydrogens (tertiary/aromatic N) is 1. The normalized spacial score (nSPS) is 9.96. The molecule has 0 radical (unpaired) electrons. The average Bonchev–Trinajstić information content (AvgIpc) is 2.55. The van der Waals surface area contributed by atoms with Crippen LogP contribution >= 0.6 is 12.2 Å². The Balaban J connectivity index is 1.96. The maximum Gasteiger partial charge on any atom is 0.257 e. The first-order valence-electron chi connectivity index (χ1n) is 7.37. The zero-order valence-corrected chi connectivity index (χ0v) is 14.6. The lowest BCUT2D eigenvalue weighted by Gasteiger charge is -2.12. The first kappa shape index (κ1) is 17.6. The number of anilines is 1. The van der Waals surface area contributed by atoms with Crippen LogP contribution in [0, 0.1) is 6.92 Å². The Hall–Kier alpha value is -2.73. The molecule has 24 heavy (non-hydrogen) atoms. The molecule has 0 heterocycles. The van der Waals surface area contributed by atoms with Crippen molar-refractivity contribution < 1.29 is 9.59 Å². The fourth-order valence-electron chi connectivity index (χ4n) is 2.00. The van der Waals surface area contributed by atoms with E-state index in [0.717, 1.165) is 5.56 Å². The Morgan fingerprint density at radius 2 is 1.46 bits per heavy atom. The third-order valence-corrected chi connectivity index (χ3v) is 3.54. The van der Waals surface area contributed by atoms with E-state index < -0.39 is 0 Å². The van der Waals surface area contributed by atoms with E-state index in [1.807, 2.05) is 19.1 Å². The number of aryl methyl sites for hydroxylation is 1. The van der Waals surface area contributed by atoms with E-state index in [1.54, 1.807) is 50.5 Å². The predicted octanol–water partition coefficient (Wildman–Crippen LogP) is 2.82. The van der Waals surface area contributed by atoms with E-state index in [4.69, 9.17) is 12.2 Å². The van der Waals surface area contributed by atoms with Gasteiger partial charge in [0.25, 0.3) is 11.8 Å². The van der Waals surface area contributed by atoms with Gasteiger partial charge in [-0.15, -0.1) is 0 Å². The Bertz CT molecular complexity index is 753. The maximum absolute atomic E-state index is 12.1. The van der Waals surface area contributed by atoms with E-state index >= 15 is 0 Å². The molecule has 5 nitrogen and oxygen atoms in total. The molecule has 6 heteroatoms. The molecule has 0 aromatic heterocycles. The number of nitrogens with one attached hydrogen (secondary N) is 2. The molecule has 0 aliphatic carbocycles. The van der Waals surface area contributed by atoms with Gasteiger partial charge in [-0.05, 0) is 55.5 Å². The van der Waals surface area contributed by atoms with Crippen LogP contribution in [0.15, 0.2) is 48.5 Å². The van der Waals surface area contributed by atoms with E-state index in [0.29, 0.717) is 16.8 Å². The van der Waals surface area contributed by atoms with Crippen molar-refractivity contribution in [3.05, 3.63) is 65.2 Å².